The van der Waals surface area contributed by atoms with Gasteiger partial charge in [-0.05, 0) is 54.4 Å². The Balaban J connectivity index is 1.92. The molecule has 0 saturated heterocycles. The minimum absolute atomic E-state index is 0.0116. The Hall–Kier alpha value is -2.12. The van der Waals surface area contributed by atoms with Crippen molar-refractivity contribution in [2.75, 3.05) is 5.32 Å². The molecule has 1 aliphatic heterocycles. The quantitative estimate of drug-likeness (QED) is 0.717. The number of thioether (sulfide) groups is 1. The fraction of sp³-hybridized carbons (Fsp3) is 0.222. The van der Waals surface area contributed by atoms with Crippen LogP contribution in [-0.4, -0.2) is 20.9 Å². The van der Waals surface area contributed by atoms with Gasteiger partial charge < -0.3 is 5.32 Å². The standard InChI is InChI=1S/C18H16FN3OS2/c1-10-15-16(12-6-7-24-9-12)25-11(2)18(23)20-17(15)22(21-10)14-5-3-4-13(19)8-14/h3-9,11,16H,1-2H3,(H,20,23). The van der Waals surface area contributed by atoms with Gasteiger partial charge in [-0.2, -0.15) is 16.4 Å². The number of carbonyl (C=O) groups is 1. The van der Waals surface area contributed by atoms with Crippen LogP contribution >= 0.6 is 23.1 Å². The van der Waals surface area contributed by atoms with Crippen molar-refractivity contribution in [1.29, 1.82) is 0 Å². The van der Waals surface area contributed by atoms with Crippen LogP contribution in [-0.2, 0) is 4.79 Å². The van der Waals surface area contributed by atoms with Gasteiger partial charge in [0.1, 0.15) is 11.6 Å². The number of nitrogens with zero attached hydrogens (tertiary/aromatic N) is 2. The molecule has 7 heteroatoms. The molecule has 25 heavy (non-hydrogen) atoms. The summed E-state index contributed by atoms with van der Waals surface area (Å²) in [5.41, 5.74) is 3.55. The first-order valence-electron chi connectivity index (χ1n) is 7.88. The van der Waals surface area contributed by atoms with Gasteiger partial charge in [0, 0.05) is 5.56 Å². The molecule has 1 aliphatic rings. The number of aryl methyl sites for hydroxylation is 1. The maximum absolute atomic E-state index is 13.7. The zero-order valence-electron chi connectivity index (χ0n) is 13.7. The van der Waals surface area contributed by atoms with E-state index in [9.17, 15) is 9.18 Å². The number of hydrogen-bond acceptors (Lipinski definition) is 4. The summed E-state index contributed by atoms with van der Waals surface area (Å²) in [5.74, 6) is 0.221. The Morgan fingerprint density at radius 3 is 2.88 bits per heavy atom. The van der Waals surface area contributed by atoms with Gasteiger partial charge in [0.05, 0.1) is 21.9 Å². The molecule has 1 amide bonds. The second kappa shape index (κ2) is 6.31. The number of hydrogen-bond donors (Lipinski definition) is 1. The molecule has 0 aliphatic carbocycles. The highest BCUT2D eigenvalue weighted by molar-refractivity contribution is 8.01. The molecule has 128 valence electrons. The Morgan fingerprint density at radius 2 is 2.16 bits per heavy atom. The summed E-state index contributed by atoms with van der Waals surface area (Å²) in [5, 5.41) is 11.5. The molecule has 0 fully saturated rings. The summed E-state index contributed by atoms with van der Waals surface area (Å²) in [6.45, 7) is 3.83. The van der Waals surface area contributed by atoms with Crippen molar-refractivity contribution in [3.8, 4) is 5.69 Å². The van der Waals surface area contributed by atoms with Gasteiger partial charge in [0.2, 0.25) is 5.91 Å². The highest BCUT2D eigenvalue weighted by Gasteiger charge is 2.34. The van der Waals surface area contributed by atoms with Gasteiger partial charge in [-0.25, -0.2) is 9.07 Å². The normalized spacial score (nSPS) is 20.0. The van der Waals surface area contributed by atoms with E-state index < -0.39 is 0 Å². The van der Waals surface area contributed by atoms with Gasteiger partial charge in [-0.1, -0.05) is 6.07 Å². The first-order valence-corrected chi connectivity index (χ1v) is 9.77. The van der Waals surface area contributed by atoms with Crippen LogP contribution in [0.4, 0.5) is 10.2 Å². The molecule has 0 bridgehead atoms. The summed E-state index contributed by atoms with van der Waals surface area (Å²) < 4.78 is 15.3. The molecule has 0 spiro atoms. The van der Waals surface area contributed by atoms with Crippen LogP contribution in [0, 0.1) is 12.7 Å². The van der Waals surface area contributed by atoms with E-state index in [1.54, 1.807) is 39.9 Å². The fourth-order valence-corrected chi connectivity index (χ4v) is 5.07. The van der Waals surface area contributed by atoms with Crippen LogP contribution < -0.4 is 5.32 Å². The summed E-state index contributed by atoms with van der Waals surface area (Å²) in [4.78, 5) is 12.5. The van der Waals surface area contributed by atoms with E-state index in [1.807, 2.05) is 19.2 Å². The van der Waals surface area contributed by atoms with E-state index in [0.717, 1.165) is 16.8 Å². The molecular formula is C18H16FN3OS2. The van der Waals surface area contributed by atoms with Gasteiger partial charge in [0.15, 0.2) is 0 Å². The smallest absolute Gasteiger partial charge is 0.238 e. The van der Waals surface area contributed by atoms with Crippen LogP contribution in [0.2, 0.25) is 0 Å². The number of thiophene rings is 1. The second-order valence-corrected chi connectivity index (χ2v) is 8.17. The third kappa shape index (κ3) is 2.87. The average Bonchev–Trinajstić information content (AvgIpc) is 3.19. The molecule has 2 atom stereocenters. The van der Waals surface area contributed by atoms with Crippen LogP contribution in [0.15, 0.2) is 41.1 Å². The average molecular weight is 373 g/mol. The molecule has 4 nitrogen and oxygen atoms in total. The van der Waals surface area contributed by atoms with Gasteiger partial charge >= 0.3 is 0 Å². The lowest BCUT2D eigenvalue weighted by molar-refractivity contribution is -0.115. The Kier molecular flexibility index (Phi) is 4.13. The molecule has 4 rings (SSSR count). The predicted molar refractivity (Wildman–Crippen MR) is 100 cm³/mol. The molecule has 2 unspecified atom stereocenters. The van der Waals surface area contributed by atoms with Crippen molar-refractivity contribution in [2.24, 2.45) is 0 Å². The summed E-state index contributed by atoms with van der Waals surface area (Å²) in [6, 6.07) is 8.31. The third-order valence-corrected chi connectivity index (χ3v) is 6.32. The van der Waals surface area contributed by atoms with Gasteiger partial charge in [-0.15, -0.1) is 11.8 Å². The molecule has 3 heterocycles. The molecule has 1 N–H and O–H groups in total. The van der Waals surface area contributed by atoms with E-state index in [0.29, 0.717) is 11.5 Å². The first kappa shape index (κ1) is 16.4. The summed E-state index contributed by atoms with van der Waals surface area (Å²) >= 11 is 3.24. The number of nitrogens with one attached hydrogen (secondary N) is 1. The molecule has 1 aromatic carbocycles. The number of amides is 1. The minimum Gasteiger partial charge on any atom is -0.309 e. The first-order chi connectivity index (χ1) is 12.0. The van der Waals surface area contributed by atoms with E-state index in [2.05, 4.69) is 21.9 Å². The van der Waals surface area contributed by atoms with Crippen molar-refractivity contribution >= 4 is 34.8 Å². The highest BCUT2D eigenvalue weighted by atomic mass is 32.2. The lowest BCUT2D eigenvalue weighted by Gasteiger charge is -2.15. The van der Waals surface area contributed by atoms with Crippen LogP contribution in [0.3, 0.4) is 0 Å². The lowest BCUT2D eigenvalue weighted by Crippen LogP contribution is -2.22. The Labute approximate surface area is 153 Å². The van der Waals surface area contributed by atoms with Crippen molar-refractivity contribution in [3.63, 3.8) is 0 Å². The SMILES string of the molecule is Cc1nn(-c2cccc(F)c2)c2c1C(c1ccsc1)SC(C)C(=O)N2. The van der Waals surface area contributed by atoms with E-state index >= 15 is 0 Å². The number of anilines is 1. The van der Waals surface area contributed by atoms with Gasteiger partial charge in [-0.3, -0.25) is 4.79 Å². The second-order valence-electron chi connectivity index (χ2n) is 5.94. The Morgan fingerprint density at radius 1 is 1.32 bits per heavy atom. The molecule has 0 saturated carbocycles. The highest BCUT2D eigenvalue weighted by Crippen LogP contribution is 2.46. The molecular weight excluding hydrogens is 357 g/mol. The summed E-state index contributed by atoms with van der Waals surface area (Å²) in [6.07, 6.45) is 0. The number of rotatable bonds is 2. The van der Waals surface area contributed by atoms with Crippen LogP contribution in [0.5, 0.6) is 0 Å². The third-order valence-electron chi connectivity index (χ3n) is 4.22. The van der Waals surface area contributed by atoms with E-state index in [4.69, 9.17) is 0 Å². The van der Waals surface area contributed by atoms with Gasteiger partial charge in [0.25, 0.3) is 0 Å². The molecule has 2 aromatic heterocycles. The van der Waals surface area contributed by atoms with Crippen LogP contribution in [0.1, 0.15) is 29.0 Å². The maximum atomic E-state index is 13.7. The number of carbonyl (C=O) groups excluding carboxylic acids is 1. The largest absolute Gasteiger partial charge is 0.309 e. The number of aromatic nitrogens is 2. The number of fused-ring (bicyclic) bond motifs is 1. The molecule has 3 aromatic rings. The Bertz CT molecular complexity index is 936. The van der Waals surface area contributed by atoms with Crippen molar-refractivity contribution in [3.05, 3.63) is 63.7 Å². The zero-order valence-corrected chi connectivity index (χ0v) is 15.3. The predicted octanol–water partition coefficient (Wildman–Crippen LogP) is 4.54. The van der Waals surface area contributed by atoms with Crippen molar-refractivity contribution in [2.45, 2.75) is 24.3 Å². The zero-order chi connectivity index (χ0) is 17.6. The number of halogens is 1. The lowest BCUT2D eigenvalue weighted by atomic mass is 10.1. The van der Waals surface area contributed by atoms with Crippen molar-refractivity contribution in [1.82, 2.24) is 9.78 Å². The van der Waals surface area contributed by atoms with E-state index in [1.165, 1.54) is 12.1 Å². The minimum atomic E-state index is -0.337. The summed E-state index contributed by atoms with van der Waals surface area (Å²) in [7, 11) is 0. The van der Waals surface area contributed by atoms with E-state index in [-0.39, 0.29) is 22.2 Å². The topological polar surface area (TPSA) is 46.9 Å². The number of benzene rings is 1. The molecule has 0 radical (unpaired) electrons. The monoisotopic (exact) mass is 373 g/mol. The maximum Gasteiger partial charge on any atom is 0.238 e. The van der Waals surface area contributed by atoms with Crippen molar-refractivity contribution < 1.29 is 9.18 Å². The van der Waals surface area contributed by atoms with Crippen LogP contribution in [0.25, 0.3) is 5.69 Å². The fourth-order valence-electron chi connectivity index (χ4n) is 2.99.